The van der Waals surface area contributed by atoms with Crippen LogP contribution in [0.4, 0.5) is 11.8 Å². The molecule has 4 N–H and O–H groups in total. The van der Waals surface area contributed by atoms with Gasteiger partial charge in [0, 0.05) is 11.7 Å². The van der Waals surface area contributed by atoms with Crippen LogP contribution < -0.4 is 16.6 Å². The molecule has 0 saturated carbocycles. The molecule has 0 aromatic carbocycles. The monoisotopic (exact) mass is 195 g/mol. The van der Waals surface area contributed by atoms with Gasteiger partial charge in [0.1, 0.15) is 5.82 Å². The molecule has 0 aliphatic carbocycles. The van der Waals surface area contributed by atoms with E-state index >= 15 is 0 Å². The van der Waals surface area contributed by atoms with Gasteiger partial charge in [-0.1, -0.05) is 6.92 Å². The first-order valence-corrected chi connectivity index (χ1v) is 4.65. The van der Waals surface area contributed by atoms with Gasteiger partial charge in [-0.3, -0.25) is 5.43 Å². The predicted octanol–water partition coefficient (Wildman–Crippen LogP) is 1.36. The highest BCUT2D eigenvalue weighted by Crippen LogP contribution is 2.15. The molecule has 0 atom stereocenters. The third kappa shape index (κ3) is 2.85. The van der Waals surface area contributed by atoms with Crippen LogP contribution >= 0.6 is 0 Å². The van der Waals surface area contributed by atoms with Gasteiger partial charge in [0.15, 0.2) is 0 Å². The Balaban J connectivity index is 2.76. The average Bonchev–Trinajstić information content (AvgIpc) is 2.17. The van der Waals surface area contributed by atoms with Crippen molar-refractivity contribution in [3.63, 3.8) is 0 Å². The minimum absolute atomic E-state index is 0.0280. The van der Waals surface area contributed by atoms with Gasteiger partial charge in [0.05, 0.1) is 0 Å². The SMILES string of the molecule is CCC(C)(C)Nc1ccnc(NN)n1. The van der Waals surface area contributed by atoms with Gasteiger partial charge in [0.2, 0.25) is 5.95 Å². The molecule has 0 bridgehead atoms. The van der Waals surface area contributed by atoms with E-state index in [9.17, 15) is 0 Å². The Labute approximate surface area is 84.1 Å². The summed E-state index contributed by atoms with van der Waals surface area (Å²) in [6.07, 6.45) is 2.68. The molecule has 0 amide bonds. The lowest BCUT2D eigenvalue weighted by Gasteiger charge is -2.25. The van der Waals surface area contributed by atoms with Crippen molar-refractivity contribution in [3.8, 4) is 0 Å². The van der Waals surface area contributed by atoms with E-state index in [0.29, 0.717) is 5.95 Å². The maximum atomic E-state index is 5.21. The van der Waals surface area contributed by atoms with Gasteiger partial charge >= 0.3 is 0 Å². The standard InChI is InChI=1S/C9H17N5/c1-4-9(2,3)13-7-5-6-11-8(12-7)14-10/h5-6H,4,10H2,1-3H3,(H2,11,12,13,14). The fourth-order valence-electron chi connectivity index (χ4n) is 0.933. The highest BCUT2D eigenvalue weighted by molar-refractivity contribution is 5.40. The Morgan fingerprint density at radius 1 is 1.50 bits per heavy atom. The molecule has 0 aliphatic rings. The number of aromatic nitrogens is 2. The molecule has 1 rings (SSSR count). The second-order valence-corrected chi connectivity index (χ2v) is 3.77. The van der Waals surface area contributed by atoms with Gasteiger partial charge in [-0.15, -0.1) is 0 Å². The summed E-state index contributed by atoms with van der Waals surface area (Å²) in [6.45, 7) is 6.35. The molecule has 0 fully saturated rings. The lowest BCUT2D eigenvalue weighted by molar-refractivity contribution is 0.545. The molecule has 0 spiro atoms. The van der Waals surface area contributed by atoms with E-state index in [0.717, 1.165) is 12.2 Å². The van der Waals surface area contributed by atoms with E-state index in [1.54, 1.807) is 6.20 Å². The molecule has 0 aliphatic heterocycles. The first-order chi connectivity index (χ1) is 6.57. The molecule has 1 heterocycles. The number of nitrogens with one attached hydrogen (secondary N) is 2. The van der Waals surface area contributed by atoms with Crippen LogP contribution in [0.1, 0.15) is 27.2 Å². The summed E-state index contributed by atoms with van der Waals surface area (Å²) in [5, 5.41) is 3.30. The highest BCUT2D eigenvalue weighted by Gasteiger charge is 2.14. The van der Waals surface area contributed by atoms with E-state index in [1.165, 1.54) is 0 Å². The van der Waals surface area contributed by atoms with Gasteiger partial charge in [0.25, 0.3) is 0 Å². The molecule has 0 saturated heterocycles. The fraction of sp³-hybridized carbons (Fsp3) is 0.556. The Hall–Kier alpha value is -1.36. The van der Waals surface area contributed by atoms with Crippen molar-refractivity contribution in [1.29, 1.82) is 0 Å². The van der Waals surface area contributed by atoms with Crippen LogP contribution in [-0.2, 0) is 0 Å². The summed E-state index contributed by atoms with van der Waals surface area (Å²) in [5.74, 6) is 6.41. The van der Waals surface area contributed by atoms with Crippen molar-refractivity contribution < 1.29 is 0 Å². The van der Waals surface area contributed by atoms with Gasteiger partial charge < -0.3 is 5.32 Å². The van der Waals surface area contributed by atoms with E-state index in [2.05, 4.69) is 41.5 Å². The third-order valence-electron chi connectivity index (χ3n) is 2.14. The molecule has 5 heteroatoms. The van der Waals surface area contributed by atoms with Crippen LogP contribution in [-0.4, -0.2) is 15.5 Å². The van der Waals surface area contributed by atoms with E-state index in [1.807, 2.05) is 6.07 Å². The van der Waals surface area contributed by atoms with Gasteiger partial charge in [-0.25, -0.2) is 10.8 Å². The fourth-order valence-corrected chi connectivity index (χ4v) is 0.933. The lowest BCUT2D eigenvalue weighted by atomic mass is 10.0. The summed E-state index contributed by atoms with van der Waals surface area (Å²) < 4.78 is 0. The van der Waals surface area contributed by atoms with Gasteiger partial charge in [-0.05, 0) is 26.3 Å². The number of anilines is 2. The van der Waals surface area contributed by atoms with Crippen LogP contribution in [0.2, 0.25) is 0 Å². The molecule has 1 aromatic heterocycles. The molecular formula is C9H17N5. The topological polar surface area (TPSA) is 75.9 Å². The van der Waals surface area contributed by atoms with Crippen molar-refractivity contribution in [3.05, 3.63) is 12.3 Å². The summed E-state index contributed by atoms with van der Waals surface area (Å²) in [5.41, 5.74) is 2.44. The summed E-state index contributed by atoms with van der Waals surface area (Å²) >= 11 is 0. The van der Waals surface area contributed by atoms with Crippen molar-refractivity contribution in [2.75, 3.05) is 10.7 Å². The number of hydrazine groups is 1. The van der Waals surface area contributed by atoms with Crippen molar-refractivity contribution in [2.24, 2.45) is 5.84 Å². The normalized spacial score (nSPS) is 11.1. The smallest absolute Gasteiger partial charge is 0.239 e. The number of hydrogen-bond donors (Lipinski definition) is 3. The quantitative estimate of drug-likeness (QED) is 0.499. The molecule has 1 aromatic rings. The first kappa shape index (κ1) is 10.7. The Bertz CT molecular complexity index is 297. The Morgan fingerprint density at radius 3 is 2.79 bits per heavy atom. The molecule has 14 heavy (non-hydrogen) atoms. The Morgan fingerprint density at radius 2 is 2.21 bits per heavy atom. The summed E-state index contributed by atoms with van der Waals surface area (Å²) in [7, 11) is 0. The average molecular weight is 195 g/mol. The number of nitrogens with two attached hydrogens (primary N) is 1. The van der Waals surface area contributed by atoms with Crippen LogP contribution in [0.3, 0.4) is 0 Å². The van der Waals surface area contributed by atoms with Crippen molar-refractivity contribution in [2.45, 2.75) is 32.7 Å². The van der Waals surface area contributed by atoms with Crippen LogP contribution in [0.15, 0.2) is 12.3 Å². The van der Waals surface area contributed by atoms with Crippen LogP contribution in [0.5, 0.6) is 0 Å². The second-order valence-electron chi connectivity index (χ2n) is 3.77. The summed E-state index contributed by atoms with van der Waals surface area (Å²) in [4.78, 5) is 8.09. The van der Waals surface area contributed by atoms with Crippen LogP contribution in [0.25, 0.3) is 0 Å². The molecule has 0 radical (unpaired) electrons. The van der Waals surface area contributed by atoms with Gasteiger partial charge in [-0.2, -0.15) is 4.98 Å². The largest absolute Gasteiger partial charge is 0.365 e. The number of hydrogen-bond acceptors (Lipinski definition) is 5. The van der Waals surface area contributed by atoms with Crippen molar-refractivity contribution >= 4 is 11.8 Å². The van der Waals surface area contributed by atoms with E-state index < -0.39 is 0 Å². The summed E-state index contributed by atoms with van der Waals surface area (Å²) in [6, 6.07) is 1.82. The number of nitrogens with zero attached hydrogens (tertiary/aromatic N) is 2. The number of rotatable bonds is 4. The maximum Gasteiger partial charge on any atom is 0.239 e. The molecule has 78 valence electrons. The van der Waals surface area contributed by atoms with Crippen molar-refractivity contribution in [1.82, 2.24) is 9.97 Å². The third-order valence-corrected chi connectivity index (χ3v) is 2.14. The van der Waals surface area contributed by atoms with E-state index in [-0.39, 0.29) is 5.54 Å². The zero-order valence-corrected chi connectivity index (χ0v) is 8.83. The zero-order valence-electron chi connectivity index (χ0n) is 8.83. The first-order valence-electron chi connectivity index (χ1n) is 4.65. The molecule has 0 unspecified atom stereocenters. The lowest BCUT2D eigenvalue weighted by Crippen LogP contribution is -2.30. The highest BCUT2D eigenvalue weighted by atomic mass is 15.3. The zero-order chi connectivity index (χ0) is 10.6. The minimum atomic E-state index is 0.0280. The minimum Gasteiger partial charge on any atom is -0.365 e. The molecular weight excluding hydrogens is 178 g/mol. The van der Waals surface area contributed by atoms with E-state index in [4.69, 9.17) is 5.84 Å². The Kier molecular flexibility index (Phi) is 3.24. The predicted molar refractivity (Wildman–Crippen MR) is 57.8 cm³/mol. The maximum absolute atomic E-state index is 5.21. The molecule has 5 nitrogen and oxygen atoms in total. The second kappa shape index (κ2) is 4.23. The number of nitrogen functional groups attached to an aromatic ring is 1. The van der Waals surface area contributed by atoms with Crippen LogP contribution in [0, 0.1) is 0 Å².